The third kappa shape index (κ3) is 4.68. The van der Waals surface area contributed by atoms with Crippen molar-refractivity contribution in [3.8, 4) is 0 Å². The van der Waals surface area contributed by atoms with Crippen LogP contribution in [0, 0.1) is 12.7 Å². The molecule has 0 saturated heterocycles. The molecule has 0 aliphatic carbocycles. The molecule has 0 saturated carbocycles. The van der Waals surface area contributed by atoms with Crippen LogP contribution in [0.5, 0.6) is 0 Å². The zero-order chi connectivity index (χ0) is 20.8. The Balaban J connectivity index is 0.000000169. The van der Waals surface area contributed by atoms with Gasteiger partial charge in [0, 0.05) is 22.8 Å². The summed E-state index contributed by atoms with van der Waals surface area (Å²) < 4.78 is 13.4. The number of nitrogens with zero attached hydrogens (tertiary/aromatic N) is 2. The average molecular weight is 387 g/mol. The van der Waals surface area contributed by atoms with Crippen LogP contribution in [0.1, 0.15) is 21.6 Å². The number of nitrogens with two attached hydrogens (primary N) is 1. The topological polar surface area (TPSA) is 85.9 Å². The minimum Gasteiger partial charge on any atom is -0.398 e. The minimum absolute atomic E-state index is 0.0420. The molecule has 5 nitrogen and oxygen atoms in total. The summed E-state index contributed by atoms with van der Waals surface area (Å²) in [5, 5.41) is 0.882. The zero-order valence-corrected chi connectivity index (χ0v) is 15.7. The van der Waals surface area contributed by atoms with Crippen LogP contribution >= 0.6 is 0 Å². The van der Waals surface area contributed by atoms with Crippen molar-refractivity contribution in [3.05, 3.63) is 112 Å². The molecule has 29 heavy (non-hydrogen) atoms. The number of hydrogen-bond donors (Lipinski definition) is 1. The van der Waals surface area contributed by atoms with Gasteiger partial charge in [-0.05, 0) is 37.3 Å². The third-order valence-corrected chi connectivity index (χ3v) is 4.19. The van der Waals surface area contributed by atoms with Gasteiger partial charge in [-0.25, -0.2) is 9.37 Å². The Morgan fingerprint density at radius 1 is 0.897 bits per heavy atom. The Labute approximate surface area is 166 Å². The van der Waals surface area contributed by atoms with Crippen LogP contribution in [0.2, 0.25) is 0 Å². The maximum Gasteiger partial charge on any atom is 0.291 e. The van der Waals surface area contributed by atoms with Crippen LogP contribution < -0.4 is 11.3 Å². The lowest BCUT2D eigenvalue weighted by atomic mass is 10.0. The summed E-state index contributed by atoms with van der Waals surface area (Å²) in [6, 6.07) is 19.9. The van der Waals surface area contributed by atoms with Gasteiger partial charge in [-0.15, -0.1) is 0 Å². The van der Waals surface area contributed by atoms with Crippen molar-refractivity contribution in [3.63, 3.8) is 0 Å². The summed E-state index contributed by atoms with van der Waals surface area (Å²) in [7, 11) is 0. The van der Waals surface area contributed by atoms with E-state index >= 15 is 0 Å². The summed E-state index contributed by atoms with van der Waals surface area (Å²) in [6.07, 6.45) is 1.67. The van der Waals surface area contributed by atoms with E-state index in [-0.39, 0.29) is 11.1 Å². The highest BCUT2D eigenvalue weighted by molar-refractivity contribution is 6.12. The summed E-state index contributed by atoms with van der Waals surface area (Å²) in [5.74, 6) is -0.924. The first-order chi connectivity index (χ1) is 14.0. The highest BCUT2D eigenvalue weighted by Gasteiger charge is 2.14. The van der Waals surface area contributed by atoms with Crippen molar-refractivity contribution < 1.29 is 9.18 Å². The predicted octanol–water partition coefficient (Wildman–Crippen LogP) is 3.94. The lowest BCUT2D eigenvalue weighted by Crippen LogP contribution is -2.07. The first-order valence-electron chi connectivity index (χ1n) is 8.84. The van der Waals surface area contributed by atoms with Crippen molar-refractivity contribution in [1.29, 1.82) is 0 Å². The van der Waals surface area contributed by atoms with Crippen LogP contribution in [-0.2, 0) is 0 Å². The molecule has 0 aliphatic rings. The SMILES string of the molecule is Cc1ncc2ccccc2nc1=O.Nc1ccccc1C(=O)c1ccccc1F. The summed E-state index contributed by atoms with van der Waals surface area (Å²) in [4.78, 5) is 31.1. The molecule has 0 spiro atoms. The van der Waals surface area contributed by atoms with Gasteiger partial charge < -0.3 is 5.73 Å². The molecular weight excluding hydrogens is 369 g/mol. The Morgan fingerprint density at radius 3 is 2.24 bits per heavy atom. The maximum atomic E-state index is 13.4. The number of nitrogen functional groups attached to an aromatic ring is 1. The van der Waals surface area contributed by atoms with Crippen LogP contribution in [0.15, 0.2) is 83.8 Å². The second-order valence-corrected chi connectivity index (χ2v) is 6.22. The Bertz CT molecular complexity index is 1190. The molecule has 2 N–H and O–H groups in total. The van der Waals surface area contributed by atoms with Crippen LogP contribution in [0.25, 0.3) is 10.9 Å². The van der Waals surface area contributed by atoms with E-state index in [1.54, 1.807) is 55.6 Å². The highest BCUT2D eigenvalue weighted by Crippen LogP contribution is 2.18. The lowest BCUT2D eigenvalue weighted by molar-refractivity contribution is 0.103. The van der Waals surface area contributed by atoms with E-state index in [2.05, 4.69) is 9.97 Å². The van der Waals surface area contributed by atoms with E-state index in [1.165, 1.54) is 12.1 Å². The van der Waals surface area contributed by atoms with E-state index in [1.807, 2.05) is 18.2 Å². The number of rotatable bonds is 2. The quantitative estimate of drug-likeness (QED) is 0.416. The molecule has 1 aromatic heterocycles. The number of carbonyl (C=O) groups is 1. The second-order valence-electron chi connectivity index (χ2n) is 6.22. The van der Waals surface area contributed by atoms with Gasteiger partial charge in [-0.3, -0.25) is 14.6 Å². The Kier molecular flexibility index (Phi) is 6.04. The van der Waals surface area contributed by atoms with Crippen molar-refractivity contribution in [1.82, 2.24) is 9.97 Å². The largest absolute Gasteiger partial charge is 0.398 e. The molecule has 0 unspecified atom stereocenters. The molecule has 0 radical (unpaired) electrons. The van der Waals surface area contributed by atoms with Crippen LogP contribution in [0.3, 0.4) is 0 Å². The molecule has 0 aliphatic heterocycles. The standard InChI is InChI=1S/C13H10FNO.C10H8N2O/c14-11-7-3-1-5-9(11)13(16)10-6-2-4-8-12(10)15;1-7-10(13)12-9-5-3-2-4-8(9)6-11-7/h1-8H,15H2;2-6H,1H3. The van der Waals surface area contributed by atoms with Crippen LogP contribution in [-0.4, -0.2) is 15.8 Å². The van der Waals surface area contributed by atoms with Crippen molar-refractivity contribution >= 4 is 22.4 Å². The average Bonchev–Trinajstić information content (AvgIpc) is 2.87. The van der Waals surface area contributed by atoms with Gasteiger partial charge in [-0.1, -0.05) is 42.5 Å². The normalized spacial score (nSPS) is 10.1. The molecule has 0 amide bonds. The number of para-hydroxylation sites is 2. The van der Waals surface area contributed by atoms with E-state index in [9.17, 15) is 14.0 Å². The monoisotopic (exact) mass is 387 g/mol. The molecule has 3 aromatic carbocycles. The summed E-state index contributed by atoms with van der Waals surface area (Å²) in [5.41, 5.74) is 7.24. The predicted molar refractivity (Wildman–Crippen MR) is 111 cm³/mol. The van der Waals surface area contributed by atoms with Gasteiger partial charge in [0.2, 0.25) is 0 Å². The molecule has 0 fully saturated rings. The van der Waals surface area contributed by atoms with Gasteiger partial charge in [0.05, 0.1) is 11.1 Å². The number of fused-ring (bicyclic) bond motifs is 1. The number of hydrogen-bond acceptors (Lipinski definition) is 5. The van der Waals surface area contributed by atoms with Gasteiger partial charge in [0.15, 0.2) is 5.78 Å². The molecule has 4 aromatic rings. The van der Waals surface area contributed by atoms with Crippen molar-refractivity contribution in [2.24, 2.45) is 0 Å². The molecule has 6 heteroatoms. The fraction of sp³-hybridized carbons (Fsp3) is 0.0435. The number of anilines is 1. The minimum atomic E-state index is -0.532. The molecule has 1 heterocycles. The van der Waals surface area contributed by atoms with Gasteiger partial charge in [-0.2, -0.15) is 0 Å². The zero-order valence-electron chi connectivity index (χ0n) is 15.7. The Morgan fingerprint density at radius 2 is 1.52 bits per heavy atom. The van der Waals surface area contributed by atoms with E-state index in [4.69, 9.17) is 5.73 Å². The fourth-order valence-electron chi connectivity index (χ4n) is 2.60. The third-order valence-electron chi connectivity index (χ3n) is 4.19. The summed E-state index contributed by atoms with van der Waals surface area (Å²) in [6.45, 7) is 1.66. The highest BCUT2D eigenvalue weighted by atomic mass is 19.1. The van der Waals surface area contributed by atoms with Crippen molar-refractivity contribution in [2.75, 3.05) is 5.73 Å². The molecule has 0 bridgehead atoms. The molecular formula is C23H18FN3O2. The number of benzene rings is 3. The number of ketones is 1. The number of aromatic nitrogens is 2. The number of carbonyl (C=O) groups excluding carboxylic acids is 1. The van der Waals surface area contributed by atoms with Crippen molar-refractivity contribution in [2.45, 2.75) is 6.92 Å². The number of halogens is 1. The molecule has 0 atom stereocenters. The smallest absolute Gasteiger partial charge is 0.291 e. The van der Waals surface area contributed by atoms with Crippen LogP contribution in [0.4, 0.5) is 10.1 Å². The van der Waals surface area contributed by atoms with Gasteiger partial charge >= 0.3 is 0 Å². The Hall–Kier alpha value is -3.93. The second kappa shape index (κ2) is 8.84. The number of aryl methyl sites for hydroxylation is 1. The fourth-order valence-corrected chi connectivity index (χ4v) is 2.60. The molecule has 4 rings (SSSR count). The van der Waals surface area contributed by atoms with Gasteiger partial charge in [0.25, 0.3) is 5.56 Å². The first-order valence-corrected chi connectivity index (χ1v) is 8.84. The molecule has 144 valence electrons. The van der Waals surface area contributed by atoms with Gasteiger partial charge in [0.1, 0.15) is 11.5 Å². The van der Waals surface area contributed by atoms with E-state index in [0.717, 1.165) is 5.39 Å². The summed E-state index contributed by atoms with van der Waals surface area (Å²) >= 11 is 0. The first kappa shape index (κ1) is 19.8. The lowest BCUT2D eigenvalue weighted by Gasteiger charge is -2.04. The van der Waals surface area contributed by atoms with E-state index < -0.39 is 11.6 Å². The maximum absolute atomic E-state index is 13.4. The van der Waals surface area contributed by atoms with E-state index in [0.29, 0.717) is 22.5 Å².